The molecule has 8 bridgehead atoms. The Bertz CT molecular complexity index is 2090. The van der Waals surface area contributed by atoms with Crippen molar-refractivity contribution in [3.63, 3.8) is 0 Å². The average molecular weight is 712 g/mol. The molecule has 5 heterocycles. The van der Waals surface area contributed by atoms with Crippen molar-refractivity contribution in [1.29, 1.82) is 0 Å². The van der Waals surface area contributed by atoms with E-state index in [4.69, 9.17) is 24.2 Å². The molecule has 1 amide bonds. The van der Waals surface area contributed by atoms with Crippen molar-refractivity contribution in [3.05, 3.63) is 75.4 Å². The Hall–Kier alpha value is -5.07. The number of aryl methyl sites for hydroxylation is 3. The Morgan fingerprint density at radius 1 is 0.962 bits per heavy atom. The van der Waals surface area contributed by atoms with Crippen molar-refractivity contribution < 1.29 is 33.7 Å². The van der Waals surface area contributed by atoms with Crippen LogP contribution in [-0.2, 0) is 41.4 Å². The largest absolute Gasteiger partial charge is 0.481 e. The van der Waals surface area contributed by atoms with Gasteiger partial charge < -0.3 is 34.6 Å². The van der Waals surface area contributed by atoms with E-state index < -0.39 is 11.9 Å². The highest BCUT2D eigenvalue weighted by Gasteiger charge is 2.35. The minimum atomic E-state index is -0.938. The van der Waals surface area contributed by atoms with Crippen LogP contribution in [-0.4, -0.2) is 83.5 Å². The highest BCUT2D eigenvalue weighted by molar-refractivity contribution is 6.27. The van der Waals surface area contributed by atoms with Gasteiger partial charge in [0.25, 0.3) is 5.91 Å². The first-order valence-electron chi connectivity index (χ1n) is 17.7. The van der Waals surface area contributed by atoms with Crippen molar-refractivity contribution in [3.8, 4) is 0 Å². The summed E-state index contributed by atoms with van der Waals surface area (Å²) in [4.78, 5) is 56.6. The van der Waals surface area contributed by atoms with Gasteiger partial charge >= 0.3 is 11.9 Å². The number of aromatic nitrogens is 4. The van der Waals surface area contributed by atoms with E-state index in [1.807, 2.05) is 39.0 Å². The maximum Gasteiger partial charge on any atom is 0.310 e. The summed E-state index contributed by atoms with van der Waals surface area (Å²) in [6.07, 6.45) is 2.52. The van der Waals surface area contributed by atoms with Crippen LogP contribution in [0.3, 0.4) is 0 Å². The predicted octanol–water partition coefficient (Wildman–Crippen LogP) is 6.31. The summed E-state index contributed by atoms with van der Waals surface area (Å²) >= 11 is 0. The Kier molecular flexibility index (Phi) is 12.1. The molecule has 0 radical (unpaired) electrons. The third-order valence-corrected chi connectivity index (χ3v) is 10.1. The van der Waals surface area contributed by atoms with E-state index >= 15 is 0 Å². The minimum absolute atomic E-state index is 0.106. The minimum Gasteiger partial charge on any atom is -0.481 e. The van der Waals surface area contributed by atoms with E-state index in [9.17, 15) is 19.5 Å². The fourth-order valence-corrected chi connectivity index (χ4v) is 7.18. The molecule has 5 rings (SSSR count). The highest BCUT2D eigenvalue weighted by Crippen LogP contribution is 2.44. The van der Waals surface area contributed by atoms with Gasteiger partial charge in [-0.25, -0.2) is 4.98 Å². The summed E-state index contributed by atoms with van der Waals surface area (Å²) in [5.41, 5.74) is 11.1. The van der Waals surface area contributed by atoms with Crippen molar-refractivity contribution in [1.82, 2.24) is 25.3 Å². The molecule has 0 aromatic carbocycles. The summed E-state index contributed by atoms with van der Waals surface area (Å²) in [6.45, 7) is 15.5. The molecule has 12 heteroatoms. The molecule has 3 aromatic rings. The van der Waals surface area contributed by atoms with Crippen LogP contribution < -0.4 is 5.32 Å². The molecule has 0 saturated heterocycles. The van der Waals surface area contributed by atoms with Gasteiger partial charge in [0.15, 0.2) is 0 Å². The number of carboxylic acid groups (broad SMARTS) is 1. The topological polar surface area (TPSA) is 169 Å². The molecule has 276 valence electrons. The molecule has 0 aliphatic carbocycles. The second-order valence-corrected chi connectivity index (χ2v) is 13.2. The van der Waals surface area contributed by atoms with Gasteiger partial charge in [-0.3, -0.25) is 19.4 Å². The third kappa shape index (κ3) is 7.73. The molecule has 2 unspecified atom stereocenters. The van der Waals surface area contributed by atoms with Crippen LogP contribution in [0, 0.1) is 13.8 Å². The van der Waals surface area contributed by atoms with Crippen molar-refractivity contribution in [2.75, 3.05) is 40.6 Å². The zero-order valence-electron chi connectivity index (χ0n) is 31.1. The molecule has 2 atom stereocenters. The van der Waals surface area contributed by atoms with Crippen molar-refractivity contribution in [2.45, 2.75) is 72.1 Å². The van der Waals surface area contributed by atoms with Crippen molar-refractivity contribution >= 4 is 57.1 Å². The van der Waals surface area contributed by atoms with Gasteiger partial charge in [-0.15, -0.1) is 0 Å². The summed E-state index contributed by atoms with van der Waals surface area (Å²) in [7, 11) is 2.90. The summed E-state index contributed by atoms with van der Waals surface area (Å²) < 4.78 is 15.8. The number of carbonyl (C=O) groups excluding carboxylic acids is 2. The van der Waals surface area contributed by atoms with Crippen LogP contribution >= 0.6 is 0 Å². The molecule has 0 spiro atoms. The number of amides is 1. The number of allylic oxidation sites excluding steroid dienone is 1. The summed E-state index contributed by atoms with van der Waals surface area (Å²) in [5, 5.41) is 12.7. The van der Waals surface area contributed by atoms with E-state index in [1.54, 1.807) is 7.11 Å². The number of nitrogens with zero attached hydrogens (tertiary/aromatic N) is 2. The lowest BCUT2D eigenvalue weighted by Crippen LogP contribution is -2.29. The molecule has 3 aromatic heterocycles. The number of H-pyrrole nitrogens is 2. The number of ether oxygens (including phenoxy) is 3. The van der Waals surface area contributed by atoms with Gasteiger partial charge in [0.2, 0.25) is 0 Å². The van der Waals surface area contributed by atoms with Crippen molar-refractivity contribution in [2.24, 2.45) is 0 Å². The zero-order chi connectivity index (χ0) is 37.7. The average Bonchev–Trinajstić information content (AvgIpc) is 3.80. The number of carbonyl (C=O) groups is 3. The fourth-order valence-electron chi connectivity index (χ4n) is 7.18. The van der Waals surface area contributed by atoms with E-state index in [0.29, 0.717) is 52.7 Å². The normalized spacial score (nSPS) is 15.5. The highest BCUT2D eigenvalue weighted by atomic mass is 16.5. The number of nitrogens with one attached hydrogen (secondary N) is 3. The number of aliphatic carboxylic acids is 1. The lowest BCUT2D eigenvalue weighted by atomic mass is 9.84. The van der Waals surface area contributed by atoms with Gasteiger partial charge in [-0.2, -0.15) is 0 Å². The standard InChI is InChI=1S/C40H49N5O7/c1-9-25-21(3)29-18-31-23(5)27(11-12-35(46)47)38(44-31)28(17-36(48)51-8)39-37(40(49)41-13-14-52-16-15-50-7)24(6)32(45-39)20-34-26(10-2)22(4)30(43-34)19-33(25)42-29/h9,18-20,23,27,42-43H,1,10-17H2,2-8H3,(H,41,49)(H,46,47). The molecule has 52 heavy (non-hydrogen) atoms. The molecule has 2 aliphatic rings. The molecular weight excluding hydrogens is 662 g/mol. The fraction of sp³-hybridized carbons (Fsp3) is 0.425. The molecule has 2 aliphatic heterocycles. The van der Waals surface area contributed by atoms with E-state index in [0.717, 1.165) is 50.7 Å². The summed E-state index contributed by atoms with van der Waals surface area (Å²) in [6, 6.07) is 6.01. The smallest absolute Gasteiger partial charge is 0.310 e. The second-order valence-electron chi connectivity index (χ2n) is 13.2. The van der Waals surface area contributed by atoms with Crippen LogP contribution in [0.4, 0.5) is 0 Å². The molecule has 0 fully saturated rings. The van der Waals surface area contributed by atoms with E-state index in [2.05, 4.69) is 41.8 Å². The maximum absolute atomic E-state index is 14.1. The van der Waals surface area contributed by atoms with Gasteiger partial charge in [-0.1, -0.05) is 26.5 Å². The van der Waals surface area contributed by atoms with Crippen LogP contribution in [0.5, 0.6) is 0 Å². The quantitative estimate of drug-likeness (QED) is 0.111. The first-order chi connectivity index (χ1) is 24.9. The lowest BCUT2D eigenvalue weighted by molar-refractivity contribution is -0.140. The Morgan fingerprint density at radius 2 is 1.69 bits per heavy atom. The second kappa shape index (κ2) is 16.5. The zero-order valence-corrected chi connectivity index (χ0v) is 31.1. The Labute approximate surface area is 303 Å². The number of rotatable bonds is 14. The maximum atomic E-state index is 14.1. The number of hydrogen-bond donors (Lipinski definition) is 4. The van der Waals surface area contributed by atoms with Gasteiger partial charge in [0.05, 0.1) is 56.0 Å². The first kappa shape index (κ1) is 38.2. The molecule has 12 nitrogen and oxygen atoms in total. The van der Waals surface area contributed by atoms with E-state index in [-0.39, 0.29) is 50.2 Å². The van der Waals surface area contributed by atoms with Gasteiger partial charge in [0, 0.05) is 70.8 Å². The Balaban J connectivity index is 1.90. The Morgan fingerprint density at radius 3 is 2.37 bits per heavy atom. The van der Waals surface area contributed by atoms with E-state index in [1.165, 1.54) is 7.11 Å². The van der Waals surface area contributed by atoms with Crippen LogP contribution in [0.2, 0.25) is 0 Å². The number of hydrogen-bond acceptors (Lipinski definition) is 8. The molecule has 0 saturated carbocycles. The van der Waals surface area contributed by atoms with Crippen LogP contribution in [0.15, 0.2) is 24.8 Å². The number of methoxy groups -OCH3 is 2. The monoisotopic (exact) mass is 711 g/mol. The first-order valence-corrected chi connectivity index (χ1v) is 17.7. The SMILES string of the molecule is C=Cc1c(C)c2cc3nc(c(CC(=O)OC)c4nc(cc5[nH]c(cc1[nH]2)c(C)c5CC)C(C)=C4C(=O)NCCOCCOC)C(CCC(=O)O)C3C. The molecular formula is C40H49N5O7. The van der Waals surface area contributed by atoms with Crippen LogP contribution in [0.1, 0.15) is 96.0 Å². The van der Waals surface area contributed by atoms with Crippen LogP contribution in [0.25, 0.3) is 39.3 Å². The molecule has 4 N–H and O–H groups in total. The van der Waals surface area contributed by atoms with Gasteiger partial charge in [0.1, 0.15) is 0 Å². The number of esters is 1. The number of carboxylic acids is 1. The predicted molar refractivity (Wildman–Crippen MR) is 202 cm³/mol. The number of aromatic amines is 2. The third-order valence-electron chi connectivity index (χ3n) is 10.1. The lowest BCUT2D eigenvalue weighted by Gasteiger charge is -2.18. The van der Waals surface area contributed by atoms with Gasteiger partial charge in [-0.05, 0) is 74.1 Å². The summed E-state index contributed by atoms with van der Waals surface area (Å²) in [5.74, 6) is -2.45. The number of fused-ring (bicyclic) bond motifs is 8.